The number of cyclic esters (lactones) is 2. The van der Waals surface area contributed by atoms with Crippen molar-refractivity contribution >= 4 is 11.9 Å². The van der Waals surface area contributed by atoms with Gasteiger partial charge in [0.05, 0.1) is 11.8 Å². The molecule has 1 aliphatic rings. The molecule has 0 aromatic rings. The van der Waals surface area contributed by atoms with Gasteiger partial charge in [0.15, 0.2) is 0 Å². The molecule has 1 rings (SSSR count). The highest BCUT2D eigenvalue weighted by Gasteiger charge is 2.44. The minimum Gasteiger partial charge on any atom is -0.393 e. The lowest BCUT2D eigenvalue weighted by Crippen LogP contribution is -2.21. The lowest BCUT2D eigenvalue weighted by atomic mass is 9.83. The highest BCUT2D eigenvalue weighted by Crippen LogP contribution is 2.35. The fraction of sp³-hybridized carbons (Fsp3) is 0.800. The maximum absolute atomic E-state index is 11.3. The first-order chi connectivity index (χ1) is 6.08. The van der Waals surface area contributed by atoms with Crippen LogP contribution in [0.5, 0.6) is 0 Å². The summed E-state index contributed by atoms with van der Waals surface area (Å²) in [5.41, 5.74) is -0.535. The van der Waals surface area contributed by atoms with E-state index >= 15 is 0 Å². The lowest BCUT2D eigenvalue weighted by Gasteiger charge is -2.16. The minimum absolute atomic E-state index is 0.259. The topological polar surface area (TPSA) is 43.4 Å². The lowest BCUT2D eigenvalue weighted by molar-refractivity contribution is -0.155. The number of hydrogen-bond acceptors (Lipinski definition) is 3. The van der Waals surface area contributed by atoms with Crippen molar-refractivity contribution < 1.29 is 14.3 Å². The Morgan fingerprint density at radius 1 is 1.38 bits per heavy atom. The van der Waals surface area contributed by atoms with Gasteiger partial charge >= 0.3 is 11.9 Å². The summed E-state index contributed by atoms with van der Waals surface area (Å²) >= 11 is 0. The summed E-state index contributed by atoms with van der Waals surface area (Å²) in [6.45, 7) is 3.93. The van der Waals surface area contributed by atoms with E-state index in [2.05, 4.69) is 11.7 Å². The Hall–Kier alpha value is -0.860. The molecule has 0 aromatic carbocycles. The van der Waals surface area contributed by atoms with Gasteiger partial charge in [-0.3, -0.25) is 9.59 Å². The van der Waals surface area contributed by atoms with Crippen LogP contribution in [0, 0.1) is 5.41 Å². The maximum Gasteiger partial charge on any atom is 0.320 e. The van der Waals surface area contributed by atoms with Gasteiger partial charge in [0.25, 0.3) is 0 Å². The molecular weight excluding hydrogens is 168 g/mol. The summed E-state index contributed by atoms with van der Waals surface area (Å²) in [4.78, 5) is 22.1. The molecule has 0 N–H and O–H groups in total. The molecule has 0 spiro atoms. The van der Waals surface area contributed by atoms with Gasteiger partial charge in [0.2, 0.25) is 0 Å². The van der Waals surface area contributed by atoms with E-state index in [1.54, 1.807) is 0 Å². The Morgan fingerprint density at radius 3 is 2.54 bits per heavy atom. The second-order valence-electron chi connectivity index (χ2n) is 3.96. The van der Waals surface area contributed by atoms with Crippen molar-refractivity contribution in [2.75, 3.05) is 0 Å². The molecule has 0 bridgehead atoms. The van der Waals surface area contributed by atoms with E-state index in [0.29, 0.717) is 0 Å². The number of esters is 2. The molecule has 0 aromatic heterocycles. The predicted octanol–water partition coefficient (Wildman–Crippen LogP) is 2.05. The number of hydrogen-bond donors (Lipinski definition) is 0. The molecule has 0 radical (unpaired) electrons. The average molecular weight is 184 g/mol. The standard InChI is InChI=1S/C10H16O3/c1-3-4-5-6-10(2)7-8(11)13-9(10)12/h3-7H2,1-2H3. The molecule has 1 fully saturated rings. The number of carbonyl (C=O) groups excluding carboxylic acids is 2. The molecular formula is C10H16O3. The Bertz CT molecular complexity index is 222. The minimum atomic E-state index is -0.535. The fourth-order valence-corrected chi connectivity index (χ4v) is 1.61. The van der Waals surface area contributed by atoms with E-state index in [-0.39, 0.29) is 18.4 Å². The van der Waals surface area contributed by atoms with Crippen molar-refractivity contribution in [1.29, 1.82) is 0 Å². The summed E-state index contributed by atoms with van der Waals surface area (Å²) < 4.78 is 4.53. The average Bonchev–Trinajstić information content (AvgIpc) is 2.27. The Kier molecular flexibility index (Phi) is 3.07. The molecule has 1 unspecified atom stereocenters. The summed E-state index contributed by atoms with van der Waals surface area (Å²) in [6, 6.07) is 0. The van der Waals surface area contributed by atoms with E-state index in [9.17, 15) is 9.59 Å². The third kappa shape index (κ3) is 2.29. The van der Waals surface area contributed by atoms with Crippen LogP contribution in [0.1, 0.15) is 46.0 Å². The summed E-state index contributed by atoms with van der Waals surface area (Å²) in [6.07, 6.45) is 4.26. The zero-order valence-electron chi connectivity index (χ0n) is 8.26. The number of rotatable bonds is 4. The van der Waals surface area contributed by atoms with Crippen LogP contribution in [0.4, 0.5) is 0 Å². The van der Waals surface area contributed by atoms with Crippen molar-refractivity contribution in [3.05, 3.63) is 0 Å². The molecule has 1 atom stereocenters. The first-order valence-corrected chi connectivity index (χ1v) is 4.83. The molecule has 0 amide bonds. The molecule has 0 saturated carbocycles. The van der Waals surface area contributed by atoms with Gasteiger partial charge in [-0.05, 0) is 13.3 Å². The number of carbonyl (C=O) groups is 2. The highest BCUT2D eigenvalue weighted by molar-refractivity contribution is 5.97. The maximum atomic E-state index is 11.3. The Balaban J connectivity index is 2.46. The van der Waals surface area contributed by atoms with E-state index in [1.165, 1.54) is 0 Å². The van der Waals surface area contributed by atoms with Crippen LogP contribution in [0.3, 0.4) is 0 Å². The fourth-order valence-electron chi connectivity index (χ4n) is 1.61. The molecule has 13 heavy (non-hydrogen) atoms. The van der Waals surface area contributed by atoms with Crippen LogP contribution in [0.25, 0.3) is 0 Å². The van der Waals surface area contributed by atoms with Crippen molar-refractivity contribution in [3.8, 4) is 0 Å². The summed E-state index contributed by atoms with van der Waals surface area (Å²) in [5.74, 6) is -0.711. The zero-order valence-corrected chi connectivity index (χ0v) is 8.26. The third-order valence-corrected chi connectivity index (χ3v) is 2.57. The van der Waals surface area contributed by atoms with Crippen molar-refractivity contribution in [2.45, 2.75) is 46.0 Å². The molecule has 3 heteroatoms. The molecule has 74 valence electrons. The second kappa shape index (κ2) is 3.90. The summed E-state index contributed by atoms with van der Waals surface area (Å²) in [7, 11) is 0. The number of unbranched alkanes of at least 4 members (excludes halogenated alkanes) is 2. The normalized spacial score (nSPS) is 27.8. The van der Waals surface area contributed by atoms with Gasteiger partial charge in [0, 0.05) is 0 Å². The monoisotopic (exact) mass is 184 g/mol. The van der Waals surface area contributed by atoms with Crippen LogP contribution >= 0.6 is 0 Å². The van der Waals surface area contributed by atoms with Gasteiger partial charge in [0.1, 0.15) is 0 Å². The van der Waals surface area contributed by atoms with Gasteiger partial charge in [-0.2, -0.15) is 0 Å². The van der Waals surface area contributed by atoms with E-state index in [0.717, 1.165) is 25.7 Å². The third-order valence-electron chi connectivity index (χ3n) is 2.57. The van der Waals surface area contributed by atoms with E-state index in [1.807, 2.05) is 6.92 Å². The Labute approximate surface area is 78.5 Å². The van der Waals surface area contributed by atoms with E-state index in [4.69, 9.17) is 0 Å². The largest absolute Gasteiger partial charge is 0.393 e. The molecule has 1 aliphatic heterocycles. The molecule has 1 saturated heterocycles. The van der Waals surface area contributed by atoms with Crippen LogP contribution in [-0.4, -0.2) is 11.9 Å². The zero-order chi connectivity index (χ0) is 9.90. The van der Waals surface area contributed by atoms with Crippen molar-refractivity contribution in [3.63, 3.8) is 0 Å². The van der Waals surface area contributed by atoms with Crippen LogP contribution in [0.2, 0.25) is 0 Å². The first kappa shape index (κ1) is 10.2. The van der Waals surface area contributed by atoms with Crippen molar-refractivity contribution in [2.24, 2.45) is 5.41 Å². The van der Waals surface area contributed by atoms with Crippen LogP contribution in [-0.2, 0) is 14.3 Å². The quantitative estimate of drug-likeness (QED) is 0.381. The van der Waals surface area contributed by atoms with Gasteiger partial charge in [-0.1, -0.05) is 26.2 Å². The molecule has 0 aliphatic carbocycles. The molecule has 3 nitrogen and oxygen atoms in total. The molecule has 1 heterocycles. The highest BCUT2D eigenvalue weighted by atomic mass is 16.6. The Morgan fingerprint density at radius 2 is 2.08 bits per heavy atom. The van der Waals surface area contributed by atoms with Crippen LogP contribution in [0.15, 0.2) is 0 Å². The first-order valence-electron chi connectivity index (χ1n) is 4.83. The van der Waals surface area contributed by atoms with E-state index < -0.39 is 5.41 Å². The SMILES string of the molecule is CCCCCC1(C)CC(=O)OC1=O. The smallest absolute Gasteiger partial charge is 0.320 e. The van der Waals surface area contributed by atoms with Gasteiger partial charge in [-0.25, -0.2) is 0 Å². The number of ether oxygens (including phenoxy) is 1. The summed E-state index contributed by atoms with van der Waals surface area (Å²) in [5, 5.41) is 0. The second-order valence-corrected chi connectivity index (χ2v) is 3.96. The van der Waals surface area contributed by atoms with Gasteiger partial charge < -0.3 is 4.74 Å². The predicted molar refractivity (Wildman–Crippen MR) is 48.0 cm³/mol. The van der Waals surface area contributed by atoms with Crippen LogP contribution < -0.4 is 0 Å². The van der Waals surface area contributed by atoms with Crippen molar-refractivity contribution in [1.82, 2.24) is 0 Å². The van der Waals surface area contributed by atoms with Gasteiger partial charge in [-0.15, -0.1) is 0 Å².